The second-order valence-corrected chi connectivity index (χ2v) is 3.36. The standard InChI is InChI=1S/C7H12BrF/c8-5-7(9)6-3-1-2-4-6/h6-7H,1-5H2/t7-/m1/s1. The van der Waals surface area contributed by atoms with Crippen LogP contribution in [0.1, 0.15) is 25.7 Å². The molecular weight excluding hydrogens is 183 g/mol. The van der Waals surface area contributed by atoms with E-state index < -0.39 is 6.17 Å². The Morgan fingerprint density at radius 2 is 2.00 bits per heavy atom. The van der Waals surface area contributed by atoms with Crippen molar-refractivity contribution in [2.24, 2.45) is 5.92 Å². The smallest absolute Gasteiger partial charge is 0.113 e. The highest BCUT2D eigenvalue weighted by Gasteiger charge is 2.23. The van der Waals surface area contributed by atoms with E-state index in [1.807, 2.05) is 0 Å². The molecule has 0 aromatic rings. The zero-order valence-corrected chi connectivity index (χ0v) is 7.03. The van der Waals surface area contributed by atoms with E-state index in [0.717, 1.165) is 12.8 Å². The third kappa shape index (κ3) is 1.92. The molecule has 0 aromatic heterocycles. The second kappa shape index (κ2) is 3.55. The molecule has 0 saturated heterocycles. The minimum Gasteiger partial charge on any atom is -0.246 e. The van der Waals surface area contributed by atoms with Gasteiger partial charge in [0.1, 0.15) is 6.17 Å². The maximum absolute atomic E-state index is 12.8. The van der Waals surface area contributed by atoms with Crippen LogP contribution in [0.25, 0.3) is 0 Å². The zero-order valence-electron chi connectivity index (χ0n) is 5.45. The third-order valence-electron chi connectivity index (χ3n) is 2.06. The average Bonchev–Trinajstić information content (AvgIpc) is 2.37. The van der Waals surface area contributed by atoms with E-state index in [1.54, 1.807) is 0 Å². The lowest BCUT2D eigenvalue weighted by molar-refractivity contribution is 0.259. The predicted molar refractivity (Wildman–Crippen MR) is 40.6 cm³/mol. The van der Waals surface area contributed by atoms with Crippen LogP contribution in [0.2, 0.25) is 0 Å². The van der Waals surface area contributed by atoms with E-state index in [0.29, 0.717) is 11.2 Å². The molecule has 0 unspecified atom stereocenters. The lowest BCUT2D eigenvalue weighted by Crippen LogP contribution is -2.13. The van der Waals surface area contributed by atoms with Crippen molar-refractivity contribution in [1.82, 2.24) is 0 Å². The van der Waals surface area contributed by atoms with E-state index in [2.05, 4.69) is 15.9 Å². The number of halogens is 2. The first-order valence-electron chi connectivity index (χ1n) is 3.54. The Labute approximate surface area is 64.0 Å². The van der Waals surface area contributed by atoms with Crippen LogP contribution in [0.3, 0.4) is 0 Å². The fourth-order valence-corrected chi connectivity index (χ4v) is 1.97. The second-order valence-electron chi connectivity index (χ2n) is 2.71. The molecule has 54 valence electrons. The van der Waals surface area contributed by atoms with Gasteiger partial charge in [-0.3, -0.25) is 0 Å². The van der Waals surface area contributed by atoms with Gasteiger partial charge in [-0.1, -0.05) is 28.8 Å². The summed E-state index contributed by atoms with van der Waals surface area (Å²) in [6, 6.07) is 0. The van der Waals surface area contributed by atoms with Crippen LogP contribution >= 0.6 is 15.9 Å². The van der Waals surface area contributed by atoms with Gasteiger partial charge in [0, 0.05) is 5.33 Å². The average molecular weight is 195 g/mol. The molecule has 1 aliphatic rings. The summed E-state index contributed by atoms with van der Waals surface area (Å²) in [6.45, 7) is 0. The summed E-state index contributed by atoms with van der Waals surface area (Å²) in [5.74, 6) is 0.365. The summed E-state index contributed by atoms with van der Waals surface area (Å²) < 4.78 is 12.8. The first-order chi connectivity index (χ1) is 4.34. The molecule has 0 heterocycles. The van der Waals surface area contributed by atoms with E-state index in [4.69, 9.17) is 0 Å². The van der Waals surface area contributed by atoms with Crippen LogP contribution in [-0.4, -0.2) is 11.5 Å². The van der Waals surface area contributed by atoms with Crippen LogP contribution in [-0.2, 0) is 0 Å². The van der Waals surface area contributed by atoms with Crippen LogP contribution in [0, 0.1) is 5.92 Å². The SMILES string of the molecule is F[C@H](CBr)C1CCCC1. The van der Waals surface area contributed by atoms with Crippen molar-refractivity contribution >= 4 is 15.9 Å². The molecule has 0 aromatic carbocycles. The van der Waals surface area contributed by atoms with Gasteiger partial charge in [0.15, 0.2) is 0 Å². The summed E-state index contributed by atoms with van der Waals surface area (Å²) in [5, 5.41) is 0.525. The Bertz CT molecular complexity index is 79.0. The zero-order chi connectivity index (χ0) is 6.69. The van der Waals surface area contributed by atoms with Crippen LogP contribution in [0.5, 0.6) is 0 Å². The van der Waals surface area contributed by atoms with Crippen molar-refractivity contribution in [2.75, 3.05) is 5.33 Å². The highest BCUT2D eigenvalue weighted by molar-refractivity contribution is 9.09. The molecule has 0 nitrogen and oxygen atoms in total. The third-order valence-corrected chi connectivity index (χ3v) is 2.68. The van der Waals surface area contributed by atoms with Gasteiger partial charge in [-0.2, -0.15) is 0 Å². The molecule has 1 atom stereocenters. The predicted octanol–water partition coefficient (Wildman–Crippen LogP) is 2.91. The van der Waals surface area contributed by atoms with Gasteiger partial charge in [0.05, 0.1) is 0 Å². The van der Waals surface area contributed by atoms with Gasteiger partial charge < -0.3 is 0 Å². The van der Waals surface area contributed by atoms with E-state index in [-0.39, 0.29) is 0 Å². The van der Waals surface area contributed by atoms with Gasteiger partial charge in [-0.05, 0) is 18.8 Å². The summed E-state index contributed by atoms with van der Waals surface area (Å²) in [5.41, 5.74) is 0. The molecule has 0 aliphatic heterocycles. The highest BCUT2D eigenvalue weighted by Crippen LogP contribution is 2.29. The molecule has 1 saturated carbocycles. The number of hydrogen-bond donors (Lipinski definition) is 0. The Morgan fingerprint density at radius 1 is 1.44 bits per heavy atom. The maximum Gasteiger partial charge on any atom is 0.113 e. The van der Waals surface area contributed by atoms with Gasteiger partial charge in [-0.25, -0.2) is 4.39 Å². The monoisotopic (exact) mass is 194 g/mol. The molecule has 0 spiro atoms. The molecule has 2 heteroatoms. The summed E-state index contributed by atoms with van der Waals surface area (Å²) in [6.07, 6.45) is 4.09. The molecule has 9 heavy (non-hydrogen) atoms. The molecule has 0 N–H and O–H groups in total. The fraction of sp³-hybridized carbons (Fsp3) is 1.00. The van der Waals surface area contributed by atoms with Crippen molar-refractivity contribution in [1.29, 1.82) is 0 Å². The van der Waals surface area contributed by atoms with E-state index in [1.165, 1.54) is 12.8 Å². The van der Waals surface area contributed by atoms with Crippen molar-refractivity contribution in [3.05, 3.63) is 0 Å². The molecule has 0 bridgehead atoms. The largest absolute Gasteiger partial charge is 0.246 e. The van der Waals surface area contributed by atoms with Crippen molar-refractivity contribution < 1.29 is 4.39 Å². The van der Waals surface area contributed by atoms with Gasteiger partial charge in [-0.15, -0.1) is 0 Å². The van der Waals surface area contributed by atoms with Crippen LogP contribution in [0.15, 0.2) is 0 Å². The molecule has 0 amide bonds. The number of hydrogen-bond acceptors (Lipinski definition) is 0. The van der Waals surface area contributed by atoms with Crippen molar-refractivity contribution in [3.8, 4) is 0 Å². The minimum atomic E-state index is -0.590. The lowest BCUT2D eigenvalue weighted by atomic mass is 10.0. The van der Waals surface area contributed by atoms with Gasteiger partial charge in [0.2, 0.25) is 0 Å². The van der Waals surface area contributed by atoms with Gasteiger partial charge >= 0.3 is 0 Å². The van der Waals surface area contributed by atoms with Crippen LogP contribution in [0.4, 0.5) is 4.39 Å². The Kier molecular flexibility index (Phi) is 2.96. The summed E-state index contributed by atoms with van der Waals surface area (Å²) in [4.78, 5) is 0. The lowest BCUT2D eigenvalue weighted by Gasteiger charge is -2.10. The normalized spacial score (nSPS) is 24.7. The first-order valence-corrected chi connectivity index (χ1v) is 4.67. The Balaban J connectivity index is 2.24. The Hall–Kier alpha value is 0.410. The molecule has 1 rings (SSSR count). The number of rotatable bonds is 2. The molecular formula is C7H12BrF. The van der Waals surface area contributed by atoms with E-state index >= 15 is 0 Å². The van der Waals surface area contributed by atoms with Gasteiger partial charge in [0.25, 0.3) is 0 Å². The quantitative estimate of drug-likeness (QED) is 0.594. The molecule has 1 fully saturated rings. The summed E-state index contributed by atoms with van der Waals surface area (Å²) in [7, 11) is 0. The number of alkyl halides is 2. The van der Waals surface area contributed by atoms with Crippen LogP contribution < -0.4 is 0 Å². The highest BCUT2D eigenvalue weighted by atomic mass is 79.9. The molecule has 1 aliphatic carbocycles. The van der Waals surface area contributed by atoms with Crippen molar-refractivity contribution in [3.63, 3.8) is 0 Å². The first kappa shape index (κ1) is 7.52. The maximum atomic E-state index is 12.8. The van der Waals surface area contributed by atoms with Crippen molar-refractivity contribution in [2.45, 2.75) is 31.9 Å². The minimum absolute atomic E-state index is 0.365. The Morgan fingerprint density at radius 3 is 2.44 bits per heavy atom. The fourth-order valence-electron chi connectivity index (χ4n) is 1.45. The summed E-state index contributed by atoms with van der Waals surface area (Å²) >= 11 is 3.15. The topological polar surface area (TPSA) is 0 Å². The van der Waals surface area contributed by atoms with E-state index in [9.17, 15) is 4.39 Å². The molecule has 0 radical (unpaired) electrons.